The zero-order chi connectivity index (χ0) is 41.0. The van der Waals surface area contributed by atoms with Crippen molar-refractivity contribution in [2.24, 2.45) is 5.41 Å². The Morgan fingerprint density at radius 1 is 1.14 bits per heavy atom. The number of rotatable bonds is 13. The third kappa shape index (κ3) is 10.7. The number of hydrogen-bond donors (Lipinski definition) is 4. The maximum atomic E-state index is 14.3. The van der Waals surface area contributed by atoms with Crippen molar-refractivity contribution in [2.75, 3.05) is 20.3 Å². The number of aliphatic hydroxyl groups excluding tert-OH is 1. The SMILES string of the molecule is CO[C@@H](C)c1ncccc1-c1c(CC(C)(C)CO)c2cc(-c3nc(C[C@H](NC(=O)OC(C)(C)C)C(=O)OC(=O)C4CCCNN4)ns3)ccc2n1CC(F)(F)F. The molecule has 1 fully saturated rings. The molecule has 1 amide bonds. The fourth-order valence-electron chi connectivity index (χ4n) is 6.34. The van der Waals surface area contributed by atoms with Gasteiger partial charge in [0.1, 0.15) is 35.1 Å². The van der Waals surface area contributed by atoms with Crippen LogP contribution in [-0.2, 0) is 43.2 Å². The molecule has 56 heavy (non-hydrogen) atoms. The van der Waals surface area contributed by atoms with Gasteiger partial charge in [0.05, 0.1) is 17.5 Å². The highest BCUT2D eigenvalue weighted by Crippen LogP contribution is 2.42. The number of methoxy groups -OCH3 is 1. The number of alkyl carbamates (subject to hydrolysis) is 1. The number of amides is 1. The fourth-order valence-corrected chi connectivity index (χ4v) is 7.02. The van der Waals surface area contributed by atoms with Gasteiger partial charge in [-0.25, -0.2) is 24.8 Å². The lowest BCUT2D eigenvalue weighted by Crippen LogP contribution is -2.52. The van der Waals surface area contributed by atoms with Gasteiger partial charge in [0.15, 0.2) is 0 Å². The summed E-state index contributed by atoms with van der Waals surface area (Å²) in [7, 11) is 1.50. The zero-order valence-corrected chi connectivity index (χ0v) is 33.2. The molecule has 0 aliphatic carbocycles. The number of nitrogens with one attached hydrogen (secondary N) is 3. The van der Waals surface area contributed by atoms with Crippen LogP contribution in [0.1, 0.15) is 77.6 Å². The topological polar surface area (TPSA) is 179 Å². The van der Waals surface area contributed by atoms with E-state index in [0.717, 1.165) is 11.5 Å². The third-order valence-electron chi connectivity index (χ3n) is 9.06. The van der Waals surface area contributed by atoms with E-state index < -0.39 is 60.0 Å². The standard InChI is InChI=1S/C38H48F3N7O7S/c1-21(53-7)30-23(10-8-14-42-30)31-25(18-37(5,6)20-49)24-16-22(12-13-28(24)48(31)19-38(39,40)41)32-45-29(47-56-32)17-27(44-35(52)55-36(2,3)4)34(51)54-33(50)26-11-9-15-43-46-26/h8,10,12-14,16,21,26-27,43,46,49H,9,11,15,17-20H2,1-7H3,(H,44,52)/t21-,26?,27-/m0/s1. The van der Waals surface area contributed by atoms with Crippen molar-refractivity contribution < 1.29 is 46.9 Å². The van der Waals surface area contributed by atoms with E-state index in [9.17, 15) is 32.7 Å². The smallest absolute Gasteiger partial charge is 0.408 e. The van der Waals surface area contributed by atoms with Gasteiger partial charge < -0.3 is 29.2 Å². The van der Waals surface area contributed by atoms with Crippen LogP contribution in [0.4, 0.5) is 18.0 Å². The molecule has 3 aromatic heterocycles. The number of halogens is 3. The molecule has 4 aromatic rings. The summed E-state index contributed by atoms with van der Waals surface area (Å²) >= 11 is 0.985. The van der Waals surface area contributed by atoms with E-state index in [1.807, 2.05) is 13.8 Å². The lowest BCUT2D eigenvalue weighted by Gasteiger charge is -2.24. The number of hydrogen-bond acceptors (Lipinski definition) is 13. The number of fused-ring (bicyclic) bond motifs is 1. The number of alkyl halides is 3. The van der Waals surface area contributed by atoms with E-state index in [0.29, 0.717) is 63.4 Å². The average Bonchev–Trinajstić information content (AvgIpc) is 3.71. The Balaban J connectivity index is 1.56. The highest BCUT2D eigenvalue weighted by atomic mass is 32.1. The second kappa shape index (κ2) is 17.3. The molecule has 0 bridgehead atoms. The Bertz CT molecular complexity index is 2040. The molecular formula is C38H48F3N7O7S. The number of nitrogens with zero attached hydrogens (tertiary/aromatic N) is 4. The van der Waals surface area contributed by atoms with Gasteiger partial charge in [-0.15, -0.1) is 0 Å². The maximum Gasteiger partial charge on any atom is 0.408 e. The predicted molar refractivity (Wildman–Crippen MR) is 202 cm³/mol. The van der Waals surface area contributed by atoms with Gasteiger partial charge in [-0.1, -0.05) is 13.8 Å². The first-order valence-electron chi connectivity index (χ1n) is 18.2. The van der Waals surface area contributed by atoms with E-state index >= 15 is 0 Å². The predicted octanol–water partition coefficient (Wildman–Crippen LogP) is 5.81. The van der Waals surface area contributed by atoms with Crippen LogP contribution in [0, 0.1) is 5.41 Å². The van der Waals surface area contributed by atoms with Gasteiger partial charge in [-0.05, 0) is 99.8 Å². The Morgan fingerprint density at radius 3 is 2.54 bits per heavy atom. The normalized spacial score (nSPS) is 16.4. The van der Waals surface area contributed by atoms with Crippen LogP contribution in [0.25, 0.3) is 32.7 Å². The second-order valence-corrected chi connectivity index (χ2v) is 16.3. The lowest BCUT2D eigenvalue weighted by molar-refractivity contribution is -0.163. The van der Waals surface area contributed by atoms with Crippen LogP contribution in [0.15, 0.2) is 36.5 Å². The molecular weight excluding hydrogens is 756 g/mol. The minimum absolute atomic E-state index is 0.138. The molecule has 4 heterocycles. The molecule has 0 saturated carbocycles. The Labute approximate surface area is 326 Å². The molecule has 14 nitrogen and oxygen atoms in total. The van der Waals surface area contributed by atoms with E-state index in [4.69, 9.17) is 14.2 Å². The molecule has 1 aromatic carbocycles. The molecule has 0 radical (unpaired) electrons. The van der Waals surface area contributed by atoms with Gasteiger partial charge in [-0.3, -0.25) is 10.4 Å². The second-order valence-electron chi connectivity index (χ2n) is 15.5. The minimum atomic E-state index is -4.58. The monoisotopic (exact) mass is 803 g/mol. The number of carbonyl (C=O) groups excluding carboxylic acids is 3. The molecule has 304 valence electrons. The van der Waals surface area contributed by atoms with Crippen molar-refractivity contribution in [1.82, 2.24) is 35.1 Å². The summed E-state index contributed by atoms with van der Waals surface area (Å²) in [5.74, 6) is -1.71. The van der Waals surface area contributed by atoms with Gasteiger partial charge in [0, 0.05) is 54.9 Å². The van der Waals surface area contributed by atoms with Crippen molar-refractivity contribution >= 4 is 40.5 Å². The molecule has 4 N–H and O–H groups in total. The summed E-state index contributed by atoms with van der Waals surface area (Å²) in [6.45, 7) is 9.52. The molecule has 1 unspecified atom stereocenters. The molecule has 5 rings (SSSR count). The van der Waals surface area contributed by atoms with E-state index in [1.54, 1.807) is 64.2 Å². The van der Waals surface area contributed by atoms with Crippen LogP contribution in [-0.4, -0.2) is 86.2 Å². The van der Waals surface area contributed by atoms with E-state index in [2.05, 4.69) is 30.5 Å². The maximum absolute atomic E-state index is 14.3. The first kappa shape index (κ1) is 42.6. The number of carbonyl (C=O) groups is 3. The van der Waals surface area contributed by atoms with Gasteiger partial charge >= 0.3 is 24.2 Å². The molecule has 1 saturated heterocycles. The molecule has 18 heteroatoms. The van der Waals surface area contributed by atoms with Gasteiger partial charge in [-0.2, -0.15) is 17.5 Å². The average molecular weight is 804 g/mol. The summed E-state index contributed by atoms with van der Waals surface area (Å²) in [6.07, 6.45) is -3.39. The summed E-state index contributed by atoms with van der Waals surface area (Å²) in [5.41, 5.74) is 6.68. The summed E-state index contributed by atoms with van der Waals surface area (Å²) < 4.78 is 64.7. The number of esters is 2. The Hall–Kier alpha value is -4.49. The Morgan fingerprint density at radius 2 is 1.89 bits per heavy atom. The summed E-state index contributed by atoms with van der Waals surface area (Å²) in [6, 6.07) is 6.19. The lowest BCUT2D eigenvalue weighted by atomic mass is 9.84. The zero-order valence-electron chi connectivity index (χ0n) is 32.4. The van der Waals surface area contributed by atoms with Crippen molar-refractivity contribution in [3.8, 4) is 21.8 Å². The number of pyridine rings is 1. The minimum Gasteiger partial charge on any atom is -0.444 e. The summed E-state index contributed by atoms with van der Waals surface area (Å²) in [5, 5.41) is 13.7. The summed E-state index contributed by atoms with van der Waals surface area (Å²) in [4.78, 5) is 48.0. The van der Waals surface area contributed by atoms with Gasteiger partial charge in [0.25, 0.3) is 0 Å². The van der Waals surface area contributed by atoms with E-state index in [1.165, 1.54) is 11.7 Å². The van der Waals surface area contributed by atoms with Crippen LogP contribution in [0.2, 0.25) is 0 Å². The number of ether oxygens (including phenoxy) is 3. The van der Waals surface area contributed by atoms with Gasteiger partial charge in [0.2, 0.25) is 0 Å². The highest BCUT2D eigenvalue weighted by Gasteiger charge is 2.35. The van der Waals surface area contributed by atoms with Crippen molar-refractivity contribution in [3.63, 3.8) is 0 Å². The largest absolute Gasteiger partial charge is 0.444 e. The first-order valence-corrected chi connectivity index (χ1v) is 18.9. The van der Waals surface area contributed by atoms with Crippen LogP contribution in [0.3, 0.4) is 0 Å². The van der Waals surface area contributed by atoms with Crippen LogP contribution < -0.4 is 16.2 Å². The number of benzene rings is 1. The molecule has 0 spiro atoms. The molecule has 3 atom stereocenters. The third-order valence-corrected chi connectivity index (χ3v) is 9.86. The highest BCUT2D eigenvalue weighted by molar-refractivity contribution is 7.09. The van der Waals surface area contributed by atoms with Crippen molar-refractivity contribution in [2.45, 2.75) is 104 Å². The fraction of sp³-hybridized carbons (Fsp3) is 0.526. The van der Waals surface area contributed by atoms with Crippen molar-refractivity contribution in [1.29, 1.82) is 0 Å². The number of hydrazine groups is 1. The first-order chi connectivity index (χ1) is 26.3. The number of aliphatic hydroxyl groups is 1. The van der Waals surface area contributed by atoms with E-state index in [-0.39, 0.29) is 25.3 Å². The van der Waals surface area contributed by atoms with Crippen molar-refractivity contribution in [3.05, 3.63) is 53.6 Å². The Kier molecular flexibility index (Phi) is 13.2. The van der Waals surface area contributed by atoms with Crippen LogP contribution in [0.5, 0.6) is 0 Å². The quantitative estimate of drug-likeness (QED) is 0.0943. The molecule has 1 aliphatic heterocycles. The molecule has 1 aliphatic rings. The number of aromatic nitrogens is 4. The van der Waals surface area contributed by atoms with Crippen LogP contribution >= 0.6 is 11.5 Å².